The largest absolute Gasteiger partial charge is 0.387 e. The molecule has 8 nitrogen and oxygen atoms in total. The van der Waals surface area contributed by atoms with Crippen LogP contribution in [0.1, 0.15) is 31.2 Å². The number of likely N-dealkylation sites (tertiary alicyclic amines) is 1. The molecule has 2 amide bonds. The van der Waals surface area contributed by atoms with Gasteiger partial charge in [0.1, 0.15) is 16.9 Å². The summed E-state index contributed by atoms with van der Waals surface area (Å²) < 4.78 is 29.7. The van der Waals surface area contributed by atoms with Crippen molar-refractivity contribution in [3.63, 3.8) is 0 Å². The summed E-state index contributed by atoms with van der Waals surface area (Å²) in [5.41, 5.74) is -1.89. The first kappa shape index (κ1) is 22.9. The van der Waals surface area contributed by atoms with Crippen molar-refractivity contribution in [3.8, 4) is 6.07 Å². The van der Waals surface area contributed by atoms with Crippen LogP contribution in [0, 0.1) is 11.3 Å². The molecule has 174 valence electrons. The van der Waals surface area contributed by atoms with Gasteiger partial charge in [-0.25, -0.2) is 8.78 Å². The van der Waals surface area contributed by atoms with E-state index in [9.17, 15) is 23.6 Å². The first-order valence-electron chi connectivity index (χ1n) is 10.8. The lowest BCUT2D eigenvalue weighted by Gasteiger charge is -2.20. The summed E-state index contributed by atoms with van der Waals surface area (Å²) in [5.74, 6) is -5.14. The van der Waals surface area contributed by atoms with Crippen LogP contribution >= 0.6 is 0 Å². The van der Waals surface area contributed by atoms with Crippen molar-refractivity contribution in [2.24, 2.45) is 5.16 Å². The summed E-state index contributed by atoms with van der Waals surface area (Å²) in [7, 11) is 1.93. The van der Waals surface area contributed by atoms with Crippen LogP contribution in [0.4, 0.5) is 8.78 Å². The van der Waals surface area contributed by atoms with Crippen LogP contribution in [0.2, 0.25) is 0 Å². The predicted molar refractivity (Wildman–Crippen MR) is 115 cm³/mol. The maximum Gasteiger partial charge on any atom is 0.273 e. The second kappa shape index (κ2) is 8.56. The first-order valence-corrected chi connectivity index (χ1v) is 10.8. The summed E-state index contributed by atoms with van der Waals surface area (Å²) in [4.78, 5) is 33.1. The number of benzene rings is 1. The van der Waals surface area contributed by atoms with Gasteiger partial charge in [-0.1, -0.05) is 35.5 Å². The number of likely N-dealkylation sites (N-methyl/N-ethyl adjacent to an activating group) is 1. The average molecular weight is 457 g/mol. The van der Waals surface area contributed by atoms with Gasteiger partial charge in [0.2, 0.25) is 0 Å². The lowest BCUT2D eigenvalue weighted by atomic mass is 9.96. The summed E-state index contributed by atoms with van der Waals surface area (Å²) in [6.45, 7) is 1.39. The molecular weight excluding hydrogens is 432 g/mol. The molecule has 2 heterocycles. The smallest absolute Gasteiger partial charge is 0.273 e. The molecule has 1 aliphatic carbocycles. The van der Waals surface area contributed by atoms with Crippen LogP contribution in [-0.4, -0.2) is 59.6 Å². The SMILES string of the molecule is CN1CCC2(CC(C(=O)N/C(=C/C(F)(F)Cc3ccccc3)C(=O)NC3(C#N)CC3)=NO2)C1. The Bertz CT molecular complexity index is 1050. The van der Waals surface area contributed by atoms with E-state index >= 15 is 0 Å². The quantitative estimate of drug-likeness (QED) is 0.608. The number of nitrogens with zero attached hydrogens (tertiary/aromatic N) is 3. The Kier molecular flexibility index (Phi) is 5.93. The van der Waals surface area contributed by atoms with Crippen molar-refractivity contribution >= 4 is 17.5 Å². The van der Waals surface area contributed by atoms with E-state index in [1.807, 2.05) is 13.1 Å². The third-order valence-corrected chi connectivity index (χ3v) is 6.06. The molecule has 4 rings (SSSR count). The Morgan fingerprint density at radius 1 is 1.30 bits per heavy atom. The number of hydrogen-bond donors (Lipinski definition) is 2. The van der Waals surface area contributed by atoms with Crippen LogP contribution in [0.3, 0.4) is 0 Å². The molecule has 2 fully saturated rings. The van der Waals surface area contributed by atoms with E-state index < -0.39 is 41.0 Å². The van der Waals surface area contributed by atoms with Crippen molar-refractivity contribution in [2.75, 3.05) is 20.1 Å². The molecule has 2 N–H and O–H groups in total. The second-order valence-corrected chi connectivity index (χ2v) is 9.06. The zero-order valence-electron chi connectivity index (χ0n) is 18.2. The lowest BCUT2D eigenvalue weighted by Crippen LogP contribution is -2.44. The Morgan fingerprint density at radius 2 is 2.03 bits per heavy atom. The van der Waals surface area contributed by atoms with Gasteiger partial charge in [-0.05, 0) is 25.5 Å². The molecule has 0 radical (unpaired) electrons. The topological polar surface area (TPSA) is 107 Å². The Balaban J connectivity index is 1.51. The summed E-state index contributed by atoms with van der Waals surface area (Å²) in [6.07, 6.45) is 1.55. The molecule has 1 atom stereocenters. The van der Waals surface area contributed by atoms with E-state index in [1.54, 1.807) is 30.3 Å². The molecule has 33 heavy (non-hydrogen) atoms. The maximum absolute atomic E-state index is 14.8. The number of hydrogen-bond acceptors (Lipinski definition) is 6. The standard InChI is InChI=1S/C23H25F2N5O3/c1-30-10-9-22(15-30)12-18(29-33-22)19(31)27-17(20(32)28-21(14-26)7-8-21)13-23(24,25)11-16-5-3-2-4-6-16/h2-6,13H,7-12,15H2,1H3,(H,27,31)(H,28,32)/b17-13+. The van der Waals surface area contributed by atoms with Crippen LogP contribution in [0.25, 0.3) is 0 Å². The molecule has 0 aromatic heterocycles. The van der Waals surface area contributed by atoms with Crippen molar-refractivity contribution in [2.45, 2.75) is 49.2 Å². The molecule has 3 aliphatic rings. The van der Waals surface area contributed by atoms with E-state index in [1.165, 1.54) is 0 Å². The van der Waals surface area contributed by atoms with Gasteiger partial charge in [-0.2, -0.15) is 5.26 Å². The minimum atomic E-state index is -3.42. The molecule has 10 heteroatoms. The Hall–Kier alpha value is -3.32. The van der Waals surface area contributed by atoms with Crippen molar-refractivity contribution < 1.29 is 23.2 Å². The van der Waals surface area contributed by atoms with Gasteiger partial charge in [0.15, 0.2) is 5.60 Å². The fourth-order valence-electron chi connectivity index (χ4n) is 4.06. The number of amides is 2. The highest BCUT2D eigenvalue weighted by molar-refractivity contribution is 6.40. The molecule has 1 spiro atoms. The molecule has 1 saturated carbocycles. The molecule has 1 aromatic carbocycles. The van der Waals surface area contributed by atoms with E-state index in [-0.39, 0.29) is 12.1 Å². The average Bonchev–Trinajstić information content (AvgIpc) is 3.26. The van der Waals surface area contributed by atoms with Gasteiger partial charge in [-0.15, -0.1) is 0 Å². The number of rotatable bonds is 7. The maximum atomic E-state index is 14.8. The molecular formula is C23H25F2N5O3. The molecule has 1 saturated heterocycles. The fourth-order valence-corrected chi connectivity index (χ4v) is 4.06. The van der Waals surface area contributed by atoms with Crippen molar-refractivity contribution in [3.05, 3.63) is 47.7 Å². The number of allylic oxidation sites excluding steroid dienone is 1. The number of carbonyl (C=O) groups excluding carboxylic acids is 2. The molecule has 2 aliphatic heterocycles. The second-order valence-electron chi connectivity index (χ2n) is 9.06. The fraction of sp³-hybridized carbons (Fsp3) is 0.478. The number of oxime groups is 1. The molecule has 0 bridgehead atoms. The Morgan fingerprint density at radius 3 is 2.64 bits per heavy atom. The zero-order chi connectivity index (χ0) is 23.7. The number of nitriles is 1. The highest BCUT2D eigenvalue weighted by Gasteiger charge is 2.47. The van der Waals surface area contributed by atoms with Crippen LogP contribution in [0.5, 0.6) is 0 Å². The van der Waals surface area contributed by atoms with Crippen molar-refractivity contribution in [1.29, 1.82) is 5.26 Å². The summed E-state index contributed by atoms with van der Waals surface area (Å²) in [6, 6.07) is 10.1. The van der Waals surface area contributed by atoms with Gasteiger partial charge in [-0.3, -0.25) is 9.59 Å². The summed E-state index contributed by atoms with van der Waals surface area (Å²) in [5, 5.41) is 17.9. The minimum absolute atomic E-state index is 0.0387. The van der Waals surface area contributed by atoms with Gasteiger partial charge >= 0.3 is 0 Å². The van der Waals surface area contributed by atoms with Crippen LogP contribution in [-0.2, 0) is 20.8 Å². The highest BCUT2D eigenvalue weighted by atomic mass is 19.3. The predicted octanol–water partition coefficient (Wildman–Crippen LogP) is 1.89. The van der Waals surface area contributed by atoms with Gasteiger partial charge in [0.05, 0.1) is 6.07 Å². The number of alkyl halides is 2. The van der Waals surface area contributed by atoms with E-state index in [0.29, 0.717) is 37.4 Å². The van der Waals surface area contributed by atoms with Gasteiger partial charge < -0.3 is 20.4 Å². The normalized spacial score (nSPS) is 24.1. The van der Waals surface area contributed by atoms with E-state index in [0.717, 1.165) is 6.54 Å². The number of halogens is 2. The van der Waals surface area contributed by atoms with Crippen LogP contribution < -0.4 is 10.6 Å². The highest BCUT2D eigenvalue weighted by Crippen LogP contribution is 2.35. The summed E-state index contributed by atoms with van der Waals surface area (Å²) >= 11 is 0. The lowest BCUT2D eigenvalue weighted by molar-refractivity contribution is -0.121. The third kappa shape index (κ3) is 5.37. The van der Waals surface area contributed by atoms with Gasteiger partial charge in [0, 0.05) is 38.4 Å². The van der Waals surface area contributed by atoms with Gasteiger partial charge in [0.25, 0.3) is 17.7 Å². The number of nitrogens with one attached hydrogen (secondary N) is 2. The van der Waals surface area contributed by atoms with E-state index in [2.05, 4.69) is 20.7 Å². The van der Waals surface area contributed by atoms with Crippen LogP contribution in [0.15, 0.2) is 47.3 Å². The monoisotopic (exact) mass is 457 g/mol. The third-order valence-electron chi connectivity index (χ3n) is 6.06. The first-order chi connectivity index (χ1) is 15.6. The van der Waals surface area contributed by atoms with E-state index in [4.69, 9.17) is 4.84 Å². The zero-order valence-corrected chi connectivity index (χ0v) is 18.2. The molecule has 1 aromatic rings. The number of carbonyl (C=O) groups is 2. The minimum Gasteiger partial charge on any atom is -0.387 e. The Labute approximate surface area is 190 Å². The molecule has 1 unspecified atom stereocenters. The van der Waals surface area contributed by atoms with Crippen molar-refractivity contribution in [1.82, 2.24) is 15.5 Å².